The van der Waals surface area contributed by atoms with Crippen LogP contribution in [0.2, 0.25) is 0 Å². The Labute approximate surface area is 128 Å². The van der Waals surface area contributed by atoms with Gasteiger partial charge in [0.15, 0.2) is 0 Å². The van der Waals surface area contributed by atoms with Gasteiger partial charge in [-0.05, 0) is 48.8 Å². The van der Waals surface area contributed by atoms with Crippen molar-refractivity contribution < 1.29 is 0 Å². The Balaban J connectivity index is 1.31. The van der Waals surface area contributed by atoms with Crippen LogP contribution in [-0.4, -0.2) is 49.1 Å². The maximum absolute atomic E-state index is 3.50. The Morgan fingerprint density at radius 3 is 2.67 bits per heavy atom. The fourth-order valence-corrected chi connectivity index (χ4v) is 3.68. The number of piperazine rings is 1. The molecule has 1 aromatic carbocycles. The zero-order valence-electron chi connectivity index (χ0n) is 13.0. The van der Waals surface area contributed by atoms with Gasteiger partial charge in [-0.15, -0.1) is 0 Å². The van der Waals surface area contributed by atoms with Crippen molar-refractivity contribution in [2.45, 2.75) is 32.2 Å². The van der Waals surface area contributed by atoms with Crippen LogP contribution in [0.25, 0.3) is 0 Å². The molecule has 21 heavy (non-hydrogen) atoms. The van der Waals surface area contributed by atoms with Crippen LogP contribution in [0.5, 0.6) is 0 Å². The summed E-state index contributed by atoms with van der Waals surface area (Å²) >= 11 is 0. The number of anilines is 1. The third kappa shape index (κ3) is 3.41. The summed E-state index contributed by atoms with van der Waals surface area (Å²) in [6.45, 7) is 8.63. The normalized spacial score (nSPS) is 23.6. The minimum atomic E-state index is 1.03. The fraction of sp³-hybridized carbons (Fsp3) is 0.667. The molecule has 114 valence electrons. The van der Waals surface area contributed by atoms with Crippen molar-refractivity contribution >= 4 is 5.69 Å². The molecule has 1 saturated carbocycles. The summed E-state index contributed by atoms with van der Waals surface area (Å²) in [4.78, 5) is 5.30. The molecule has 1 aromatic rings. The standard InChI is InChI=1S/C18H27N3/c1-2-17-12-16(5-6-18(17)19-7-1)14-21-10-8-20(9-11-21)13-15-3-4-15/h5-6,12,15,19H,1-4,7-11,13-14H2. The van der Waals surface area contributed by atoms with Gasteiger partial charge in [0.25, 0.3) is 0 Å². The number of hydrogen-bond donors (Lipinski definition) is 1. The number of rotatable bonds is 4. The minimum Gasteiger partial charge on any atom is -0.385 e. The molecule has 0 radical (unpaired) electrons. The summed E-state index contributed by atoms with van der Waals surface area (Å²) in [5, 5.41) is 3.50. The molecule has 4 rings (SSSR count). The zero-order valence-corrected chi connectivity index (χ0v) is 13.0. The average molecular weight is 285 g/mol. The highest BCUT2D eigenvalue weighted by molar-refractivity contribution is 5.54. The Kier molecular flexibility index (Phi) is 3.87. The van der Waals surface area contributed by atoms with Gasteiger partial charge >= 0.3 is 0 Å². The van der Waals surface area contributed by atoms with Crippen LogP contribution >= 0.6 is 0 Å². The number of aryl methyl sites for hydroxylation is 1. The van der Waals surface area contributed by atoms with Crippen molar-refractivity contribution in [2.75, 3.05) is 44.6 Å². The summed E-state index contributed by atoms with van der Waals surface area (Å²) in [6.07, 6.45) is 5.47. The Morgan fingerprint density at radius 1 is 1.05 bits per heavy atom. The van der Waals surface area contributed by atoms with Gasteiger partial charge in [0.1, 0.15) is 0 Å². The number of nitrogens with zero attached hydrogens (tertiary/aromatic N) is 2. The molecule has 2 heterocycles. The Morgan fingerprint density at radius 2 is 1.86 bits per heavy atom. The molecule has 0 bridgehead atoms. The van der Waals surface area contributed by atoms with Crippen molar-refractivity contribution in [3.8, 4) is 0 Å². The first-order valence-corrected chi connectivity index (χ1v) is 8.67. The van der Waals surface area contributed by atoms with Crippen molar-refractivity contribution in [2.24, 2.45) is 5.92 Å². The molecule has 1 aliphatic carbocycles. The smallest absolute Gasteiger partial charge is 0.0372 e. The first-order valence-electron chi connectivity index (χ1n) is 8.67. The van der Waals surface area contributed by atoms with Crippen molar-refractivity contribution in [3.05, 3.63) is 29.3 Å². The van der Waals surface area contributed by atoms with E-state index in [-0.39, 0.29) is 0 Å². The van der Waals surface area contributed by atoms with Crippen molar-refractivity contribution in [1.82, 2.24) is 9.80 Å². The highest BCUT2D eigenvalue weighted by Gasteiger charge is 2.26. The highest BCUT2D eigenvalue weighted by atomic mass is 15.3. The van der Waals surface area contributed by atoms with E-state index in [1.54, 1.807) is 0 Å². The minimum absolute atomic E-state index is 1.03. The molecule has 0 amide bonds. The quantitative estimate of drug-likeness (QED) is 0.917. The number of nitrogens with one attached hydrogen (secondary N) is 1. The topological polar surface area (TPSA) is 18.5 Å². The number of benzene rings is 1. The van der Waals surface area contributed by atoms with E-state index in [0.29, 0.717) is 0 Å². The molecule has 3 nitrogen and oxygen atoms in total. The third-order valence-electron chi connectivity index (χ3n) is 5.19. The molecule has 2 aliphatic heterocycles. The lowest BCUT2D eigenvalue weighted by Gasteiger charge is -2.35. The summed E-state index contributed by atoms with van der Waals surface area (Å²) in [5.41, 5.74) is 4.37. The summed E-state index contributed by atoms with van der Waals surface area (Å²) in [5.74, 6) is 1.03. The lowest BCUT2D eigenvalue weighted by atomic mass is 10.0. The molecular formula is C18H27N3. The maximum Gasteiger partial charge on any atom is 0.0372 e. The predicted octanol–water partition coefficient (Wildman–Crippen LogP) is 2.57. The predicted molar refractivity (Wildman–Crippen MR) is 87.7 cm³/mol. The summed E-state index contributed by atoms with van der Waals surface area (Å²) < 4.78 is 0. The van der Waals surface area contributed by atoms with Crippen LogP contribution in [0.3, 0.4) is 0 Å². The van der Waals surface area contributed by atoms with Crippen LogP contribution in [0.15, 0.2) is 18.2 Å². The first kappa shape index (κ1) is 13.6. The molecule has 1 N–H and O–H groups in total. The third-order valence-corrected chi connectivity index (χ3v) is 5.19. The lowest BCUT2D eigenvalue weighted by molar-refractivity contribution is 0.123. The van der Waals surface area contributed by atoms with Gasteiger partial charge < -0.3 is 10.2 Å². The lowest BCUT2D eigenvalue weighted by Crippen LogP contribution is -2.46. The molecule has 3 heteroatoms. The number of fused-ring (bicyclic) bond motifs is 1. The highest BCUT2D eigenvalue weighted by Crippen LogP contribution is 2.30. The van der Waals surface area contributed by atoms with E-state index in [1.165, 1.54) is 75.2 Å². The molecule has 0 spiro atoms. The van der Waals surface area contributed by atoms with E-state index in [9.17, 15) is 0 Å². The first-order chi connectivity index (χ1) is 10.4. The van der Waals surface area contributed by atoms with Gasteiger partial charge in [-0.1, -0.05) is 12.1 Å². The van der Waals surface area contributed by atoms with E-state index >= 15 is 0 Å². The fourth-order valence-electron chi connectivity index (χ4n) is 3.68. The number of hydrogen-bond acceptors (Lipinski definition) is 3. The molecule has 0 aromatic heterocycles. The van der Waals surface area contributed by atoms with E-state index < -0.39 is 0 Å². The zero-order chi connectivity index (χ0) is 14.1. The van der Waals surface area contributed by atoms with Gasteiger partial charge in [-0.3, -0.25) is 4.90 Å². The average Bonchev–Trinajstić information content (AvgIpc) is 3.33. The van der Waals surface area contributed by atoms with Crippen molar-refractivity contribution in [1.29, 1.82) is 0 Å². The molecule has 0 atom stereocenters. The second-order valence-electron chi connectivity index (χ2n) is 7.04. The molecule has 3 aliphatic rings. The second kappa shape index (κ2) is 5.98. The van der Waals surface area contributed by atoms with Gasteiger partial charge in [0.2, 0.25) is 0 Å². The molecular weight excluding hydrogens is 258 g/mol. The van der Waals surface area contributed by atoms with E-state index in [0.717, 1.165) is 19.0 Å². The van der Waals surface area contributed by atoms with E-state index in [1.807, 2.05) is 0 Å². The Bertz CT molecular complexity index is 487. The van der Waals surface area contributed by atoms with Gasteiger partial charge in [0, 0.05) is 51.5 Å². The summed E-state index contributed by atoms with van der Waals surface area (Å²) in [7, 11) is 0. The van der Waals surface area contributed by atoms with Gasteiger partial charge in [-0.25, -0.2) is 0 Å². The van der Waals surface area contributed by atoms with Crippen molar-refractivity contribution in [3.63, 3.8) is 0 Å². The monoisotopic (exact) mass is 285 g/mol. The Hall–Kier alpha value is -1.06. The molecule has 0 unspecified atom stereocenters. The van der Waals surface area contributed by atoms with Crippen LogP contribution in [0, 0.1) is 5.92 Å². The molecule has 2 fully saturated rings. The van der Waals surface area contributed by atoms with Gasteiger partial charge in [-0.2, -0.15) is 0 Å². The van der Waals surface area contributed by atoms with E-state index in [4.69, 9.17) is 0 Å². The SMILES string of the molecule is c1cc2c(cc1CN1CCN(CC3CC3)CC1)CCCN2. The summed E-state index contributed by atoms with van der Waals surface area (Å²) in [6, 6.07) is 7.03. The van der Waals surface area contributed by atoms with Crippen LogP contribution < -0.4 is 5.32 Å². The maximum atomic E-state index is 3.50. The molecule has 1 saturated heterocycles. The van der Waals surface area contributed by atoms with Crippen LogP contribution in [0.1, 0.15) is 30.4 Å². The van der Waals surface area contributed by atoms with Crippen LogP contribution in [-0.2, 0) is 13.0 Å². The van der Waals surface area contributed by atoms with Crippen LogP contribution in [0.4, 0.5) is 5.69 Å². The largest absolute Gasteiger partial charge is 0.385 e. The van der Waals surface area contributed by atoms with Gasteiger partial charge in [0.05, 0.1) is 0 Å². The second-order valence-corrected chi connectivity index (χ2v) is 7.04. The van der Waals surface area contributed by atoms with E-state index in [2.05, 4.69) is 33.3 Å².